The van der Waals surface area contributed by atoms with Gasteiger partial charge >= 0.3 is 0 Å². The molecule has 1 aromatic heterocycles. The van der Waals surface area contributed by atoms with Gasteiger partial charge in [0.15, 0.2) is 11.5 Å². The third-order valence-electron chi connectivity index (χ3n) is 2.52. The van der Waals surface area contributed by atoms with Crippen molar-refractivity contribution in [1.29, 1.82) is 0 Å². The maximum atomic E-state index is 9.73. The highest BCUT2D eigenvalue weighted by molar-refractivity contribution is 9.10. The summed E-state index contributed by atoms with van der Waals surface area (Å²) in [7, 11) is 1.52. The van der Waals surface area contributed by atoms with Crippen LogP contribution in [-0.2, 0) is 13.0 Å². The molecule has 0 aliphatic heterocycles. The molecule has 0 aliphatic carbocycles. The second-order valence-electron chi connectivity index (χ2n) is 3.84. The summed E-state index contributed by atoms with van der Waals surface area (Å²) in [4.78, 5) is 0. The van der Waals surface area contributed by atoms with Gasteiger partial charge in [0, 0.05) is 6.54 Å². The number of phenolic OH excluding ortho intramolecular Hbond substituents is 1. The zero-order valence-electron chi connectivity index (χ0n) is 10.6. The molecule has 19 heavy (non-hydrogen) atoms. The Hall–Kier alpha value is -1.34. The fourth-order valence-electron chi connectivity index (χ4n) is 1.53. The normalized spacial score (nSPS) is 10.5. The highest BCUT2D eigenvalue weighted by atomic mass is 79.9. The van der Waals surface area contributed by atoms with E-state index in [2.05, 4.69) is 31.4 Å². The van der Waals surface area contributed by atoms with Crippen LogP contribution in [0.2, 0.25) is 0 Å². The summed E-state index contributed by atoms with van der Waals surface area (Å²) in [5.74, 6) is 0.549. The van der Waals surface area contributed by atoms with Crippen LogP contribution < -0.4 is 10.1 Å². The largest absolute Gasteiger partial charge is 0.503 e. The molecular weight excluding hydrogens is 330 g/mol. The zero-order chi connectivity index (χ0) is 13.8. The van der Waals surface area contributed by atoms with E-state index in [-0.39, 0.29) is 5.75 Å². The maximum Gasteiger partial charge on any atom is 0.205 e. The van der Waals surface area contributed by atoms with E-state index in [1.165, 1.54) is 7.11 Å². The predicted molar refractivity (Wildman–Crippen MR) is 79.0 cm³/mol. The molecule has 0 saturated carbocycles. The van der Waals surface area contributed by atoms with Gasteiger partial charge in [-0.05, 0) is 40.0 Å². The van der Waals surface area contributed by atoms with E-state index >= 15 is 0 Å². The Kier molecular flexibility index (Phi) is 4.60. The molecule has 0 aliphatic rings. The summed E-state index contributed by atoms with van der Waals surface area (Å²) in [6.07, 6.45) is 0.887. The molecule has 2 N–H and O–H groups in total. The van der Waals surface area contributed by atoms with Crippen molar-refractivity contribution in [1.82, 2.24) is 10.2 Å². The lowest BCUT2D eigenvalue weighted by Crippen LogP contribution is -1.99. The smallest absolute Gasteiger partial charge is 0.205 e. The van der Waals surface area contributed by atoms with Gasteiger partial charge in [-0.25, -0.2) is 0 Å². The highest BCUT2D eigenvalue weighted by Gasteiger charge is 2.09. The third-order valence-corrected chi connectivity index (χ3v) is 4.15. The van der Waals surface area contributed by atoms with Gasteiger partial charge < -0.3 is 15.2 Å². The molecule has 0 atom stereocenters. The number of aromatic hydroxyl groups is 1. The number of nitrogens with zero attached hydrogens (tertiary/aromatic N) is 2. The molecule has 0 fully saturated rings. The minimum Gasteiger partial charge on any atom is -0.503 e. The Morgan fingerprint density at radius 1 is 1.42 bits per heavy atom. The molecule has 0 amide bonds. The summed E-state index contributed by atoms with van der Waals surface area (Å²) < 4.78 is 5.71. The number of benzene rings is 1. The minimum atomic E-state index is 0.107. The Labute approximate surface area is 123 Å². The number of hydrogen-bond acceptors (Lipinski definition) is 6. The summed E-state index contributed by atoms with van der Waals surface area (Å²) in [5.41, 5.74) is 0.981. The first-order valence-corrected chi connectivity index (χ1v) is 7.36. The molecule has 0 radical (unpaired) electrons. The zero-order valence-corrected chi connectivity index (χ0v) is 13.0. The van der Waals surface area contributed by atoms with Crippen molar-refractivity contribution in [2.75, 3.05) is 12.4 Å². The van der Waals surface area contributed by atoms with Gasteiger partial charge in [0.05, 0.1) is 11.6 Å². The summed E-state index contributed by atoms with van der Waals surface area (Å²) in [6, 6.07) is 3.63. The molecule has 0 unspecified atom stereocenters. The minimum absolute atomic E-state index is 0.107. The van der Waals surface area contributed by atoms with Crippen LogP contribution in [0.5, 0.6) is 11.5 Å². The summed E-state index contributed by atoms with van der Waals surface area (Å²) in [5, 5.41) is 22.8. The van der Waals surface area contributed by atoms with Gasteiger partial charge in [-0.2, -0.15) is 0 Å². The number of hydrogen-bond donors (Lipinski definition) is 2. The molecule has 2 aromatic rings. The van der Waals surface area contributed by atoms with Gasteiger partial charge in [-0.15, -0.1) is 10.2 Å². The summed E-state index contributed by atoms with van der Waals surface area (Å²) >= 11 is 4.84. The van der Waals surface area contributed by atoms with E-state index in [4.69, 9.17) is 4.74 Å². The maximum absolute atomic E-state index is 9.73. The van der Waals surface area contributed by atoms with Gasteiger partial charge in [-0.3, -0.25) is 0 Å². The average molecular weight is 344 g/mol. The lowest BCUT2D eigenvalue weighted by atomic mass is 10.2. The van der Waals surface area contributed by atoms with E-state index in [0.717, 1.165) is 22.1 Å². The monoisotopic (exact) mass is 343 g/mol. The number of aryl methyl sites for hydroxylation is 1. The van der Waals surface area contributed by atoms with Crippen LogP contribution in [0.4, 0.5) is 5.13 Å². The van der Waals surface area contributed by atoms with Crippen LogP contribution in [-0.4, -0.2) is 22.4 Å². The van der Waals surface area contributed by atoms with E-state index in [9.17, 15) is 5.11 Å². The van der Waals surface area contributed by atoms with Crippen molar-refractivity contribution >= 4 is 32.4 Å². The molecule has 7 heteroatoms. The van der Waals surface area contributed by atoms with E-state index in [0.29, 0.717) is 16.8 Å². The van der Waals surface area contributed by atoms with Crippen LogP contribution in [0.15, 0.2) is 16.6 Å². The first kappa shape index (κ1) is 14.1. The van der Waals surface area contributed by atoms with Gasteiger partial charge in [0.25, 0.3) is 0 Å². The Morgan fingerprint density at radius 3 is 2.84 bits per heavy atom. The molecule has 0 bridgehead atoms. The van der Waals surface area contributed by atoms with Gasteiger partial charge in [0.2, 0.25) is 5.13 Å². The van der Waals surface area contributed by atoms with Crippen molar-refractivity contribution in [2.45, 2.75) is 19.9 Å². The van der Waals surface area contributed by atoms with Gasteiger partial charge in [0.1, 0.15) is 5.01 Å². The average Bonchev–Trinajstić information content (AvgIpc) is 2.88. The fraction of sp³-hybridized carbons (Fsp3) is 0.333. The fourth-order valence-corrected chi connectivity index (χ4v) is 2.70. The van der Waals surface area contributed by atoms with Crippen molar-refractivity contribution in [3.05, 3.63) is 27.2 Å². The molecule has 2 rings (SSSR count). The van der Waals surface area contributed by atoms with Crippen LogP contribution in [0, 0.1) is 0 Å². The number of anilines is 1. The first-order chi connectivity index (χ1) is 9.13. The van der Waals surface area contributed by atoms with Crippen molar-refractivity contribution < 1.29 is 9.84 Å². The lowest BCUT2D eigenvalue weighted by Gasteiger charge is -2.09. The summed E-state index contributed by atoms with van der Waals surface area (Å²) in [6.45, 7) is 2.64. The number of halogens is 1. The van der Waals surface area contributed by atoms with Crippen LogP contribution >= 0.6 is 27.3 Å². The third kappa shape index (κ3) is 3.36. The molecule has 1 heterocycles. The Balaban J connectivity index is 2.09. The second kappa shape index (κ2) is 6.21. The highest BCUT2D eigenvalue weighted by Crippen LogP contribution is 2.35. The van der Waals surface area contributed by atoms with Crippen LogP contribution in [0.1, 0.15) is 17.5 Å². The van der Waals surface area contributed by atoms with Gasteiger partial charge in [-0.1, -0.05) is 18.3 Å². The SMILES string of the molecule is CCc1nnc(NCc2cc(Br)c(O)c(OC)c2)s1. The molecule has 1 aromatic carbocycles. The number of rotatable bonds is 5. The van der Waals surface area contributed by atoms with Crippen molar-refractivity contribution in [3.63, 3.8) is 0 Å². The van der Waals surface area contributed by atoms with Crippen molar-refractivity contribution in [2.24, 2.45) is 0 Å². The Bertz CT molecular complexity index is 574. The van der Waals surface area contributed by atoms with E-state index in [1.54, 1.807) is 17.4 Å². The number of aromatic nitrogens is 2. The lowest BCUT2D eigenvalue weighted by molar-refractivity contribution is 0.371. The molecule has 0 saturated heterocycles. The van der Waals surface area contributed by atoms with E-state index in [1.807, 2.05) is 13.0 Å². The first-order valence-electron chi connectivity index (χ1n) is 5.75. The number of nitrogens with one attached hydrogen (secondary N) is 1. The number of methoxy groups -OCH3 is 1. The molecular formula is C12H14BrN3O2S. The molecule has 102 valence electrons. The molecule has 0 spiro atoms. The Morgan fingerprint density at radius 2 is 2.21 bits per heavy atom. The predicted octanol–water partition coefficient (Wildman–Crippen LogP) is 3.19. The van der Waals surface area contributed by atoms with Crippen LogP contribution in [0.3, 0.4) is 0 Å². The number of ether oxygens (including phenoxy) is 1. The molecule has 5 nitrogen and oxygen atoms in total. The van der Waals surface area contributed by atoms with Crippen LogP contribution in [0.25, 0.3) is 0 Å². The second-order valence-corrected chi connectivity index (χ2v) is 5.75. The topological polar surface area (TPSA) is 67.3 Å². The number of phenols is 1. The van der Waals surface area contributed by atoms with Crippen molar-refractivity contribution in [3.8, 4) is 11.5 Å². The standard InChI is InChI=1S/C12H14BrN3O2S/c1-3-10-15-16-12(19-10)14-6-7-4-8(13)11(17)9(5-7)18-2/h4-5,17H,3,6H2,1-2H3,(H,14,16). The quantitative estimate of drug-likeness (QED) is 0.872. The van der Waals surface area contributed by atoms with E-state index < -0.39 is 0 Å².